The second kappa shape index (κ2) is 5.49. The summed E-state index contributed by atoms with van der Waals surface area (Å²) in [6.45, 7) is 4.44. The van der Waals surface area contributed by atoms with Gasteiger partial charge in [-0.2, -0.15) is 0 Å². The Morgan fingerprint density at radius 3 is 3.12 bits per heavy atom. The Kier molecular flexibility index (Phi) is 3.99. The van der Waals surface area contributed by atoms with E-state index in [9.17, 15) is 4.79 Å². The van der Waals surface area contributed by atoms with Crippen LogP contribution in [-0.4, -0.2) is 23.6 Å². The third kappa shape index (κ3) is 3.43. The van der Waals surface area contributed by atoms with E-state index in [4.69, 9.17) is 4.74 Å². The number of aromatic nitrogens is 1. The van der Waals surface area contributed by atoms with Crippen molar-refractivity contribution in [2.75, 3.05) is 11.9 Å². The van der Waals surface area contributed by atoms with Gasteiger partial charge in [-0.05, 0) is 19.3 Å². The zero-order valence-electron chi connectivity index (χ0n) is 10.2. The van der Waals surface area contributed by atoms with Gasteiger partial charge in [0.15, 0.2) is 5.13 Å². The summed E-state index contributed by atoms with van der Waals surface area (Å²) in [6.07, 6.45) is 2.73. The van der Waals surface area contributed by atoms with Gasteiger partial charge >= 0.3 is 5.97 Å². The van der Waals surface area contributed by atoms with Crippen molar-refractivity contribution in [3.8, 4) is 0 Å². The van der Waals surface area contributed by atoms with E-state index in [1.165, 1.54) is 12.8 Å². The molecule has 1 saturated carbocycles. The highest BCUT2D eigenvalue weighted by Gasteiger charge is 2.35. The molecule has 0 radical (unpaired) electrons. The molecule has 5 heteroatoms. The van der Waals surface area contributed by atoms with Crippen LogP contribution in [-0.2, 0) is 16.0 Å². The number of ether oxygens (including phenoxy) is 1. The number of hydrogen-bond acceptors (Lipinski definition) is 5. The first-order valence-corrected chi connectivity index (χ1v) is 6.97. The van der Waals surface area contributed by atoms with E-state index < -0.39 is 0 Å². The lowest BCUT2D eigenvalue weighted by molar-refractivity contribution is -0.142. The third-order valence-corrected chi connectivity index (χ3v) is 3.76. The van der Waals surface area contributed by atoms with Crippen LogP contribution in [0.4, 0.5) is 5.13 Å². The lowest BCUT2D eigenvalue weighted by Gasteiger charge is -2.00. The van der Waals surface area contributed by atoms with Gasteiger partial charge in [-0.3, -0.25) is 4.79 Å². The van der Waals surface area contributed by atoms with Crippen molar-refractivity contribution in [1.29, 1.82) is 0 Å². The number of carbonyl (C=O) groups excluding carboxylic acids is 1. The highest BCUT2D eigenvalue weighted by Crippen LogP contribution is 2.36. The van der Waals surface area contributed by atoms with Crippen LogP contribution in [0.2, 0.25) is 0 Å². The van der Waals surface area contributed by atoms with Gasteiger partial charge in [-0.15, -0.1) is 11.3 Å². The molecule has 1 heterocycles. The molecule has 0 bridgehead atoms. The SMILES string of the molecule is CCOC(=O)Cc1csc(NC2CC2CC)n1. The molecule has 17 heavy (non-hydrogen) atoms. The van der Waals surface area contributed by atoms with Crippen molar-refractivity contribution < 1.29 is 9.53 Å². The topological polar surface area (TPSA) is 51.2 Å². The van der Waals surface area contributed by atoms with E-state index in [0.29, 0.717) is 12.6 Å². The van der Waals surface area contributed by atoms with Gasteiger partial charge in [-0.1, -0.05) is 13.3 Å². The summed E-state index contributed by atoms with van der Waals surface area (Å²) in [5.74, 6) is 0.592. The molecule has 1 fully saturated rings. The summed E-state index contributed by atoms with van der Waals surface area (Å²) in [6, 6.07) is 0.585. The molecule has 1 N–H and O–H groups in total. The molecule has 2 rings (SSSR count). The molecular formula is C12H18N2O2S. The maximum absolute atomic E-state index is 11.3. The lowest BCUT2D eigenvalue weighted by Crippen LogP contribution is -2.08. The minimum atomic E-state index is -0.206. The number of rotatable bonds is 6. The van der Waals surface area contributed by atoms with Crippen molar-refractivity contribution >= 4 is 22.4 Å². The molecule has 1 aliphatic rings. The maximum Gasteiger partial charge on any atom is 0.311 e. The predicted octanol–water partition coefficient (Wildman–Crippen LogP) is 2.46. The Labute approximate surface area is 105 Å². The van der Waals surface area contributed by atoms with Crippen LogP contribution in [0.3, 0.4) is 0 Å². The van der Waals surface area contributed by atoms with Gasteiger partial charge in [0.1, 0.15) is 0 Å². The molecule has 0 aromatic carbocycles. The normalized spacial score (nSPS) is 22.2. The lowest BCUT2D eigenvalue weighted by atomic mass is 10.3. The van der Waals surface area contributed by atoms with Crippen LogP contribution in [0.5, 0.6) is 0 Å². The fraction of sp³-hybridized carbons (Fsp3) is 0.667. The second-order valence-corrected chi connectivity index (χ2v) is 5.14. The van der Waals surface area contributed by atoms with Crippen molar-refractivity contribution in [2.24, 2.45) is 5.92 Å². The molecule has 1 aliphatic carbocycles. The Morgan fingerprint density at radius 2 is 2.47 bits per heavy atom. The van der Waals surface area contributed by atoms with E-state index in [2.05, 4.69) is 17.2 Å². The van der Waals surface area contributed by atoms with Crippen LogP contribution >= 0.6 is 11.3 Å². The number of thiazole rings is 1. The van der Waals surface area contributed by atoms with E-state index in [-0.39, 0.29) is 12.4 Å². The molecule has 0 spiro atoms. The Balaban J connectivity index is 1.82. The number of esters is 1. The fourth-order valence-electron chi connectivity index (χ4n) is 1.85. The molecule has 2 atom stereocenters. The van der Waals surface area contributed by atoms with Gasteiger partial charge in [0, 0.05) is 11.4 Å². The standard InChI is InChI=1S/C12H18N2O2S/c1-3-8-5-10(8)14-12-13-9(7-17-12)6-11(15)16-4-2/h7-8,10H,3-6H2,1-2H3,(H,13,14). The molecule has 1 aromatic rings. The van der Waals surface area contributed by atoms with Crippen molar-refractivity contribution in [3.05, 3.63) is 11.1 Å². The quantitative estimate of drug-likeness (QED) is 0.792. The van der Waals surface area contributed by atoms with E-state index >= 15 is 0 Å². The molecule has 0 saturated heterocycles. The molecule has 0 amide bonds. The monoisotopic (exact) mass is 254 g/mol. The number of carbonyl (C=O) groups is 1. The first kappa shape index (κ1) is 12.4. The molecule has 4 nitrogen and oxygen atoms in total. The average Bonchev–Trinajstić information content (AvgIpc) is 2.90. The summed E-state index contributed by atoms with van der Waals surface area (Å²) in [5, 5.41) is 6.24. The number of nitrogens with zero attached hydrogens (tertiary/aromatic N) is 1. The molecule has 2 unspecified atom stereocenters. The Bertz CT molecular complexity index is 392. The van der Waals surface area contributed by atoms with Crippen molar-refractivity contribution in [1.82, 2.24) is 4.98 Å². The van der Waals surface area contributed by atoms with Gasteiger partial charge in [0.05, 0.1) is 18.7 Å². The maximum atomic E-state index is 11.3. The van der Waals surface area contributed by atoms with E-state index in [1.54, 1.807) is 11.3 Å². The van der Waals surface area contributed by atoms with Gasteiger partial charge in [0.2, 0.25) is 0 Å². The second-order valence-electron chi connectivity index (χ2n) is 4.28. The summed E-state index contributed by atoms with van der Waals surface area (Å²) in [5.41, 5.74) is 0.796. The van der Waals surface area contributed by atoms with Crippen molar-refractivity contribution in [3.63, 3.8) is 0 Å². The van der Waals surface area contributed by atoms with Crippen LogP contribution in [0.15, 0.2) is 5.38 Å². The minimum Gasteiger partial charge on any atom is -0.466 e. The van der Waals surface area contributed by atoms with Crippen LogP contribution < -0.4 is 5.32 Å². The first-order chi connectivity index (χ1) is 8.22. The molecular weight excluding hydrogens is 236 g/mol. The zero-order valence-corrected chi connectivity index (χ0v) is 11.0. The smallest absolute Gasteiger partial charge is 0.311 e. The first-order valence-electron chi connectivity index (χ1n) is 6.09. The number of nitrogens with one attached hydrogen (secondary N) is 1. The summed E-state index contributed by atoms with van der Waals surface area (Å²) in [7, 11) is 0. The third-order valence-electron chi connectivity index (χ3n) is 2.94. The Hall–Kier alpha value is -1.10. The van der Waals surface area contributed by atoms with E-state index in [1.807, 2.05) is 12.3 Å². The fourth-order valence-corrected chi connectivity index (χ4v) is 2.62. The van der Waals surface area contributed by atoms with Crippen LogP contribution in [0.25, 0.3) is 0 Å². The van der Waals surface area contributed by atoms with Crippen LogP contribution in [0, 0.1) is 5.92 Å². The highest BCUT2D eigenvalue weighted by molar-refractivity contribution is 7.13. The van der Waals surface area contributed by atoms with Crippen molar-refractivity contribution in [2.45, 2.75) is 39.2 Å². The number of hydrogen-bond donors (Lipinski definition) is 1. The number of anilines is 1. The molecule has 94 valence electrons. The largest absolute Gasteiger partial charge is 0.466 e. The predicted molar refractivity (Wildman–Crippen MR) is 68.3 cm³/mol. The van der Waals surface area contributed by atoms with E-state index in [0.717, 1.165) is 16.7 Å². The van der Waals surface area contributed by atoms with Gasteiger partial charge in [0.25, 0.3) is 0 Å². The summed E-state index contributed by atoms with van der Waals surface area (Å²) >= 11 is 1.56. The zero-order chi connectivity index (χ0) is 12.3. The minimum absolute atomic E-state index is 0.206. The van der Waals surface area contributed by atoms with Gasteiger partial charge in [-0.25, -0.2) is 4.98 Å². The molecule has 1 aromatic heterocycles. The highest BCUT2D eigenvalue weighted by atomic mass is 32.1. The summed E-state index contributed by atoms with van der Waals surface area (Å²) in [4.78, 5) is 15.7. The average molecular weight is 254 g/mol. The van der Waals surface area contributed by atoms with Crippen LogP contribution in [0.1, 0.15) is 32.4 Å². The Morgan fingerprint density at radius 1 is 1.65 bits per heavy atom. The summed E-state index contributed by atoms with van der Waals surface area (Å²) < 4.78 is 4.89. The molecule has 0 aliphatic heterocycles. The van der Waals surface area contributed by atoms with Gasteiger partial charge < -0.3 is 10.1 Å².